The van der Waals surface area contributed by atoms with Gasteiger partial charge in [0.1, 0.15) is 0 Å². The van der Waals surface area contributed by atoms with E-state index in [1.807, 2.05) is 24.5 Å². The van der Waals surface area contributed by atoms with Crippen LogP contribution in [0, 0.1) is 0 Å². The molecule has 0 fully saturated rings. The average Bonchev–Trinajstić information content (AvgIpc) is 3.19. The first-order chi connectivity index (χ1) is 15.4. The molecule has 3 nitrogen and oxygen atoms in total. The number of para-hydroxylation sites is 2. The van der Waals surface area contributed by atoms with Gasteiger partial charge in [-0.1, -0.05) is 54.6 Å². The summed E-state index contributed by atoms with van der Waals surface area (Å²) in [4.78, 5) is 9.43. The lowest BCUT2D eigenvalue weighted by atomic mass is 9.96. The molecule has 0 aliphatic carbocycles. The van der Waals surface area contributed by atoms with Crippen molar-refractivity contribution in [3.63, 3.8) is 0 Å². The van der Waals surface area contributed by atoms with E-state index in [0.717, 1.165) is 27.5 Å². The molecule has 0 unspecified atom stereocenters. The maximum absolute atomic E-state index is 4.74. The fourth-order valence-electron chi connectivity index (χ4n) is 5.03. The van der Waals surface area contributed by atoms with Gasteiger partial charge in [0, 0.05) is 45.0 Å². The molecule has 7 rings (SSSR count). The van der Waals surface area contributed by atoms with Crippen LogP contribution >= 0.6 is 0 Å². The highest BCUT2D eigenvalue weighted by Gasteiger charge is 2.18. The van der Waals surface area contributed by atoms with Crippen LogP contribution < -0.4 is 0 Å². The Morgan fingerprint density at radius 1 is 0.452 bits per heavy atom. The topological polar surface area (TPSA) is 30.7 Å². The van der Waals surface area contributed by atoms with Crippen LogP contribution in [0.1, 0.15) is 0 Å². The van der Waals surface area contributed by atoms with Crippen molar-refractivity contribution in [1.29, 1.82) is 0 Å². The minimum atomic E-state index is 0.953. The standard InChI is InChI=1S/C28H17N3/c1-2-8-18(9-3-1)31-23-13-5-4-10-21(23)26-24(31)15-14-19-20-11-6-16-29-27(20)28-22(25(19)26)12-7-17-30-28/h1-17H. The summed E-state index contributed by atoms with van der Waals surface area (Å²) in [7, 11) is 0. The van der Waals surface area contributed by atoms with Gasteiger partial charge in [-0.05, 0) is 41.8 Å². The molecule has 3 heteroatoms. The molecule has 0 saturated heterocycles. The van der Waals surface area contributed by atoms with Crippen LogP contribution in [-0.2, 0) is 0 Å². The predicted molar refractivity (Wildman–Crippen MR) is 129 cm³/mol. The number of nitrogens with zero attached hydrogens (tertiary/aromatic N) is 3. The van der Waals surface area contributed by atoms with E-state index in [2.05, 4.69) is 88.4 Å². The van der Waals surface area contributed by atoms with Gasteiger partial charge in [-0.25, -0.2) is 0 Å². The second-order valence-electron chi connectivity index (χ2n) is 7.87. The van der Waals surface area contributed by atoms with E-state index < -0.39 is 0 Å². The van der Waals surface area contributed by atoms with Crippen LogP contribution in [0.2, 0.25) is 0 Å². The van der Waals surface area contributed by atoms with Crippen molar-refractivity contribution in [1.82, 2.24) is 14.5 Å². The van der Waals surface area contributed by atoms with Crippen molar-refractivity contribution < 1.29 is 0 Å². The van der Waals surface area contributed by atoms with E-state index >= 15 is 0 Å². The van der Waals surface area contributed by atoms with E-state index in [9.17, 15) is 0 Å². The summed E-state index contributed by atoms with van der Waals surface area (Å²) in [5, 5.41) is 7.26. The van der Waals surface area contributed by atoms with Gasteiger partial charge in [0.2, 0.25) is 0 Å². The Labute approximate surface area is 178 Å². The molecule has 7 aromatic rings. The van der Waals surface area contributed by atoms with Crippen LogP contribution in [0.15, 0.2) is 103 Å². The summed E-state index contributed by atoms with van der Waals surface area (Å²) in [5.74, 6) is 0. The van der Waals surface area contributed by atoms with Crippen LogP contribution in [0.4, 0.5) is 0 Å². The third-order valence-corrected chi connectivity index (χ3v) is 6.25. The SMILES string of the molecule is c1ccc(-n2c3ccccc3c3c4c(ccc32)c2cccnc2c2ncccc24)cc1. The quantitative estimate of drug-likeness (QED) is 0.279. The van der Waals surface area contributed by atoms with Crippen molar-refractivity contribution in [2.45, 2.75) is 0 Å². The molecule has 0 saturated carbocycles. The van der Waals surface area contributed by atoms with E-state index in [1.54, 1.807) is 0 Å². The van der Waals surface area contributed by atoms with Gasteiger partial charge in [0.15, 0.2) is 0 Å². The van der Waals surface area contributed by atoms with E-state index in [0.29, 0.717) is 0 Å². The highest BCUT2D eigenvalue weighted by molar-refractivity contribution is 6.34. The number of benzene rings is 4. The van der Waals surface area contributed by atoms with Crippen molar-refractivity contribution in [3.05, 3.63) is 103 Å². The minimum absolute atomic E-state index is 0.953. The summed E-state index contributed by atoms with van der Waals surface area (Å²) in [5.41, 5.74) is 5.48. The van der Waals surface area contributed by atoms with Crippen molar-refractivity contribution in [3.8, 4) is 5.69 Å². The number of hydrogen-bond donors (Lipinski definition) is 0. The van der Waals surface area contributed by atoms with Gasteiger partial charge >= 0.3 is 0 Å². The Bertz CT molecular complexity index is 1740. The van der Waals surface area contributed by atoms with Gasteiger partial charge in [0.25, 0.3) is 0 Å². The minimum Gasteiger partial charge on any atom is -0.309 e. The number of pyridine rings is 2. The monoisotopic (exact) mass is 395 g/mol. The first-order valence-corrected chi connectivity index (χ1v) is 10.4. The Morgan fingerprint density at radius 3 is 1.97 bits per heavy atom. The molecule has 3 aromatic heterocycles. The van der Waals surface area contributed by atoms with E-state index in [1.165, 1.54) is 32.6 Å². The highest BCUT2D eigenvalue weighted by Crippen LogP contribution is 2.42. The van der Waals surface area contributed by atoms with Crippen LogP contribution in [0.25, 0.3) is 60.1 Å². The third kappa shape index (κ3) is 2.18. The summed E-state index contributed by atoms with van der Waals surface area (Å²) in [6, 6.07) is 32.1. The van der Waals surface area contributed by atoms with Crippen LogP contribution in [-0.4, -0.2) is 14.5 Å². The lowest BCUT2D eigenvalue weighted by molar-refractivity contribution is 1.18. The lowest BCUT2D eigenvalue weighted by Gasteiger charge is -2.11. The summed E-state index contributed by atoms with van der Waals surface area (Å²) >= 11 is 0. The first kappa shape index (κ1) is 16.5. The van der Waals surface area contributed by atoms with Gasteiger partial charge in [-0.2, -0.15) is 0 Å². The number of aromatic nitrogens is 3. The summed E-state index contributed by atoms with van der Waals surface area (Å²) < 4.78 is 2.36. The molecular weight excluding hydrogens is 378 g/mol. The largest absolute Gasteiger partial charge is 0.309 e. The normalized spacial score (nSPS) is 11.9. The fraction of sp³-hybridized carbons (Fsp3) is 0. The molecule has 4 aromatic carbocycles. The van der Waals surface area contributed by atoms with Gasteiger partial charge in [0.05, 0.1) is 22.1 Å². The molecule has 3 heterocycles. The molecule has 0 bridgehead atoms. The molecule has 144 valence electrons. The average molecular weight is 395 g/mol. The molecule has 31 heavy (non-hydrogen) atoms. The first-order valence-electron chi connectivity index (χ1n) is 10.4. The molecule has 0 amide bonds. The molecule has 0 aliphatic heterocycles. The summed E-state index contributed by atoms with van der Waals surface area (Å²) in [6.07, 6.45) is 3.71. The molecule has 0 radical (unpaired) electrons. The van der Waals surface area contributed by atoms with Crippen LogP contribution in [0.5, 0.6) is 0 Å². The lowest BCUT2D eigenvalue weighted by Crippen LogP contribution is -1.93. The number of rotatable bonds is 1. The van der Waals surface area contributed by atoms with Crippen molar-refractivity contribution >= 4 is 54.4 Å². The van der Waals surface area contributed by atoms with Gasteiger partial charge in [-0.15, -0.1) is 0 Å². The molecular formula is C28H17N3. The molecule has 0 N–H and O–H groups in total. The number of fused-ring (bicyclic) bond motifs is 10. The maximum Gasteiger partial charge on any atom is 0.0971 e. The highest BCUT2D eigenvalue weighted by atomic mass is 15.0. The second kappa shape index (κ2) is 6.13. The Kier molecular flexibility index (Phi) is 3.27. The predicted octanol–water partition coefficient (Wildman–Crippen LogP) is 7.03. The zero-order valence-corrected chi connectivity index (χ0v) is 16.7. The Balaban J connectivity index is 1.83. The molecule has 0 atom stereocenters. The van der Waals surface area contributed by atoms with Crippen LogP contribution in [0.3, 0.4) is 0 Å². The zero-order valence-electron chi connectivity index (χ0n) is 16.7. The molecule has 0 aliphatic rings. The zero-order chi connectivity index (χ0) is 20.4. The third-order valence-electron chi connectivity index (χ3n) is 6.25. The van der Waals surface area contributed by atoms with Gasteiger partial charge < -0.3 is 4.57 Å². The van der Waals surface area contributed by atoms with Crippen molar-refractivity contribution in [2.24, 2.45) is 0 Å². The second-order valence-corrected chi connectivity index (χ2v) is 7.87. The van der Waals surface area contributed by atoms with Gasteiger partial charge in [-0.3, -0.25) is 9.97 Å². The summed E-state index contributed by atoms with van der Waals surface area (Å²) in [6.45, 7) is 0. The smallest absolute Gasteiger partial charge is 0.0971 e. The Morgan fingerprint density at radius 2 is 1.13 bits per heavy atom. The van der Waals surface area contributed by atoms with E-state index in [-0.39, 0.29) is 0 Å². The van der Waals surface area contributed by atoms with Crippen molar-refractivity contribution in [2.75, 3.05) is 0 Å². The maximum atomic E-state index is 4.74. The number of hydrogen-bond acceptors (Lipinski definition) is 2. The van der Waals surface area contributed by atoms with E-state index in [4.69, 9.17) is 4.98 Å². The fourth-order valence-corrected chi connectivity index (χ4v) is 5.03. The molecule has 0 spiro atoms. The Hall–Kier alpha value is -4.24.